The Morgan fingerprint density at radius 1 is 0.242 bits per heavy atom. The van der Waals surface area contributed by atoms with Gasteiger partial charge in [-0.05, 0) is 96.3 Å². The third-order valence-electron chi connectivity index (χ3n) is 10.8. The van der Waals surface area contributed by atoms with Gasteiger partial charge >= 0.3 is 0 Å². The molecular formula is C27H48N6. The Morgan fingerprint density at radius 2 is 0.424 bits per heavy atom. The van der Waals surface area contributed by atoms with Gasteiger partial charge in [-0.2, -0.15) is 0 Å². The summed E-state index contributed by atoms with van der Waals surface area (Å²) < 4.78 is 0. The Kier molecular flexibility index (Phi) is 6.22. The molecule has 0 spiro atoms. The highest BCUT2D eigenvalue weighted by Crippen LogP contribution is 2.32. The first kappa shape index (κ1) is 22.0. The fraction of sp³-hybridized carbons (Fsp3) is 1.00. The van der Waals surface area contributed by atoms with Crippen molar-refractivity contribution in [3.63, 3.8) is 0 Å². The van der Waals surface area contributed by atoms with E-state index in [4.69, 9.17) is 0 Å². The van der Waals surface area contributed by atoms with E-state index in [0.29, 0.717) is 36.3 Å². The molecule has 7 saturated heterocycles. The van der Waals surface area contributed by atoms with Gasteiger partial charge in [-0.25, -0.2) is 0 Å². The molecular weight excluding hydrogens is 408 g/mol. The van der Waals surface area contributed by atoms with Crippen molar-refractivity contribution in [2.24, 2.45) is 0 Å². The maximum absolute atomic E-state index is 4.08. The lowest BCUT2D eigenvalue weighted by Gasteiger charge is -2.25. The Hall–Kier alpha value is -0.240. The summed E-state index contributed by atoms with van der Waals surface area (Å²) in [4.78, 5) is 0. The summed E-state index contributed by atoms with van der Waals surface area (Å²) in [6.07, 6.45) is 20.5. The molecule has 7 fully saturated rings. The average Bonchev–Trinajstić information content (AvgIpc) is 3.62. The molecule has 0 saturated carbocycles. The zero-order chi connectivity index (χ0) is 21.8. The van der Waals surface area contributed by atoms with Gasteiger partial charge in [0.15, 0.2) is 0 Å². The minimum Gasteiger partial charge on any atom is -0.310 e. The van der Waals surface area contributed by atoms with Crippen LogP contribution in [0.3, 0.4) is 0 Å². The van der Waals surface area contributed by atoms with Crippen LogP contribution >= 0.6 is 0 Å². The predicted octanol–water partition coefficient (Wildman–Crippen LogP) is 1.89. The monoisotopic (exact) mass is 456 g/mol. The highest BCUT2D eigenvalue weighted by atomic mass is 15.1. The van der Waals surface area contributed by atoms with Crippen LogP contribution in [0.25, 0.3) is 0 Å². The van der Waals surface area contributed by atoms with Crippen LogP contribution in [0.1, 0.15) is 96.3 Å². The number of hydrogen-bond donors (Lipinski definition) is 6. The first-order valence-electron chi connectivity index (χ1n) is 14.8. The molecule has 7 heterocycles. The van der Waals surface area contributed by atoms with Crippen molar-refractivity contribution in [1.29, 1.82) is 0 Å². The minimum atomic E-state index is 0.701. The lowest BCUT2D eigenvalue weighted by atomic mass is 10.0. The molecule has 0 amide bonds. The molecule has 6 heteroatoms. The van der Waals surface area contributed by atoms with Crippen molar-refractivity contribution in [3.8, 4) is 0 Å². The lowest BCUT2D eigenvalue weighted by Crippen LogP contribution is -2.48. The second-order valence-corrected chi connectivity index (χ2v) is 13.0. The summed E-state index contributed by atoms with van der Waals surface area (Å²) in [6, 6.07) is 8.57. The first-order valence-corrected chi connectivity index (χ1v) is 14.8. The van der Waals surface area contributed by atoms with Gasteiger partial charge in [0.25, 0.3) is 0 Å². The van der Waals surface area contributed by atoms with E-state index in [1.54, 1.807) is 0 Å². The van der Waals surface area contributed by atoms with Crippen LogP contribution in [0, 0.1) is 0 Å². The molecule has 6 N–H and O–H groups in total. The maximum atomic E-state index is 4.08. The largest absolute Gasteiger partial charge is 0.310 e. The van der Waals surface area contributed by atoms with Crippen LogP contribution in [-0.2, 0) is 0 Å². The molecule has 7 rings (SSSR count). The maximum Gasteiger partial charge on any atom is 0.0224 e. The van der Waals surface area contributed by atoms with Gasteiger partial charge in [-0.1, -0.05) is 0 Å². The van der Waals surface area contributed by atoms with Gasteiger partial charge < -0.3 is 31.9 Å². The van der Waals surface area contributed by atoms with Crippen LogP contribution in [0.4, 0.5) is 0 Å². The van der Waals surface area contributed by atoms with E-state index in [0.717, 1.165) is 36.3 Å². The van der Waals surface area contributed by atoms with Gasteiger partial charge in [0, 0.05) is 72.5 Å². The standard InChI is InChI=1S/C27H48N6/c1-7-22-23-8-3-18(30-23)14-19-5-11-26(32-19)27-12-6-21(33-27)15-20-4-10-25(31-20)24-9-2-17(29-24)13-16(1)28-22/h16-33H,1-15H2. The number of nitrogens with one attached hydrogen (secondary N) is 6. The van der Waals surface area contributed by atoms with E-state index < -0.39 is 0 Å². The van der Waals surface area contributed by atoms with E-state index in [1.165, 1.54) is 96.3 Å². The van der Waals surface area contributed by atoms with Crippen molar-refractivity contribution < 1.29 is 0 Å². The van der Waals surface area contributed by atoms with E-state index >= 15 is 0 Å². The molecule has 12 atom stereocenters. The van der Waals surface area contributed by atoms with Gasteiger partial charge in [0.05, 0.1) is 0 Å². The quantitative estimate of drug-likeness (QED) is 0.335. The Labute approximate surface area is 200 Å². The van der Waals surface area contributed by atoms with Crippen molar-refractivity contribution in [1.82, 2.24) is 31.9 Å². The van der Waals surface area contributed by atoms with Crippen LogP contribution in [-0.4, -0.2) is 72.5 Å². The summed E-state index contributed by atoms with van der Waals surface area (Å²) in [6.45, 7) is 0. The van der Waals surface area contributed by atoms with Crippen LogP contribution in [0.2, 0.25) is 0 Å². The Balaban J connectivity index is 1.03. The van der Waals surface area contributed by atoms with Gasteiger partial charge in [-0.3, -0.25) is 0 Å². The molecule has 12 bridgehead atoms. The van der Waals surface area contributed by atoms with Gasteiger partial charge in [-0.15, -0.1) is 0 Å². The third-order valence-corrected chi connectivity index (χ3v) is 10.8. The highest BCUT2D eigenvalue weighted by Gasteiger charge is 2.41. The third kappa shape index (κ3) is 4.65. The molecule has 6 nitrogen and oxygen atoms in total. The first-order chi connectivity index (χ1) is 16.2. The van der Waals surface area contributed by atoms with E-state index in [1.807, 2.05) is 0 Å². The molecule has 186 valence electrons. The fourth-order valence-corrected chi connectivity index (χ4v) is 9.15. The average molecular weight is 457 g/mol. The summed E-state index contributed by atoms with van der Waals surface area (Å²) in [5, 5.41) is 24.5. The van der Waals surface area contributed by atoms with Crippen molar-refractivity contribution in [2.45, 2.75) is 169 Å². The minimum absolute atomic E-state index is 0.701. The predicted molar refractivity (Wildman–Crippen MR) is 134 cm³/mol. The van der Waals surface area contributed by atoms with Crippen molar-refractivity contribution >= 4 is 0 Å². The van der Waals surface area contributed by atoms with Crippen LogP contribution in [0.15, 0.2) is 0 Å². The Bertz CT molecular complexity index is 543. The SMILES string of the molecule is C1CC2NC1CC1CCC(N1)C1CCC(CC3CCC(N3)C3CCC(CC4CCC2N4)N3)N1. The number of fused-ring (bicyclic) bond motifs is 15. The lowest BCUT2D eigenvalue weighted by molar-refractivity contribution is 0.364. The zero-order valence-electron chi connectivity index (χ0n) is 20.5. The molecule has 0 aromatic carbocycles. The molecule has 12 unspecified atom stereocenters. The molecule has 33 heavy (non-hydrogen) atoms. The summed E-state index contributed by atoms with van der Waals surface area (Å²) in [5.41, 5.74) is 0. The summed E-state index contributed by atoms with van der Waals surface area (Å²) in [5.74, 6) is 0. The molecule has 0 aliphatic carbocycles. The normalized spacial score (nSPS) is 54.5. The smallest absolute Gasteiger partial charge is 0.0224 e. The number of hydrogen-bond acceptors (Lipinski definition) is 6. The van der Waals surface area contributed by atoms with Gasteiger partial charge in [0.2, 0.25) is 0 Å². The van der Waals surface area contributed by atoms with E-state index in [2.05, 4.69) is 31.9 Å². The van der Waals surface area contributed by atoms with Crippen LogP contribution < -0.4 is 31.9 Å². The van der Waals surface area contributed by atoms with Crippen LogP contribution in [0.5, 0.6) is 0 Å². The Morgan fingerprint density at radius 3 is 0.606 bits per heavy atom. The topological polar surface area (TPSA) is 72.2 Å². The second-order valence-electron chi connectivity index (χ2n) is 13.0. The molecule has 7 aliphatic heterocycles. The zero-order valence-corrected chi connectivity index (χ0v) is 20.5. The van der Waals surface area contributed by atoms with Crippen molar-refractivity contribution in [3.05, 3.63) is 0 Å². The molecule has 0 aromatic heterocycles. The molecule has 7 aliphatic rings. The van der Waals surface area contributed by atoms with Gasteiger partial charge in [0.1, 0.15) is 0 Å². The summed E-state index contributed by atoms with van der Waals surface area (Å²) in [7, 11) is 0. The molecule has 0 radical (unpaired) electrons. The fourth-order valence-electron chi connectivity index (χ4n) is 9.15. The van der Waals surface area contributed by atoms with Crippen molar-refractivity contribution in [2.75, 3.05) is 0 Å². The van der Waals surface area contributed by atoms with E-state index in [-0.39, 0.29) is 0 Å². The summed E-state index contributed by atoms with van der Waals surface area (Å²) >= 11 is 0. The number of rotatable bonds is 0. The van der Waals surface area contributed by atoms with E-state index in [9.17, 15) is 0 Å². The second kappa shape index (κ2) is 9.33. The highest BCUT2D eigenvalue weighted by molar-refractivity contribution is 5.04. The molecule has 0 aromatic rings.